The highest BCUT2D eigenvalue weighted by Crippen LogP contribution is 2.46. The van der Waals surface area contributed by atoms with Crippen molar-refractivity contribution in [3.8, 4) is 0 Å². The van der Waals surface area contributed by atoms with Crippen LogP contribution < -0.4 is 16.1 Å². The Morgan fingerprint density at radius 3 is 2.48 bits per heavy atom. The number of hydrazine groups is 1. The molecule has 1 aliphatic carbocycles. The lowest BCUT2D eigenvalue weighted by molar-refractivity contribution is -0.140. The van der Waals surface area contributed by atoms with Gasteiger partial charge < -0.3 is 15.5 Å². The van der Waals surface area contributed by atoms with Crippen LogP contribution >= 0.6 is 11.6 Å². The Labute approximate surface area is 254 Å². The highest BCUT2D eigenvalue weighted by molar-refractivity contribution is 6.30. The zero-order valence-electron chi connectivity index (χ0n) is 24.4. The summed E-state index contributed by atoms with van der Waals surface area (Å²) >= 11 is 6.14. The molecule has 0 unspecified atom stereocenters. The van der Waals surface area contributed by atoms with Gasteiger partial charge in [0.25, 0.3) is 0 Å². The predicted octanol–water partition coefficient (Wildman–Crippen LogP) is 4.08. The number of nitrogens with one attached hydrogen (secondary N) is 3. The monoisotopic (exact) mass is 590 g/mol. The fourth-order valence-electron chi connectivity index (χ4n) is 7.52. The number of hydrogen-bond donors (Lipinski definition) is 3. The second kappa shape index (κ2) is 13.1. The summed E-state index contributed by atoms with van der Waals surface area (Å²) in [6.07, 6.45) is 11.4. The minimum absolute atomic E-state index is 0.00705. The van der Waals surface area contributed by atoms with Crippen molar-refractivity contribution in [1.82, 2.24) is 26.0 Å². The first-order chi connectivity index (χ1) is 20.5. The van der Waals surface area contributed by atoms with E-state index in [2.05, 4.69) is 38.2 Å². The highest BCUT2D eigenvalue weighted by atomic mass is 35.5. The van der Waals surface area contributed by atoms with Crippen LogP contribution in [0.1, 0.15) is 61.6 Å². The summed E-state index contributed by atoms with van der Waals surface area (Å²) in [6.45, 7) is 3.64. The molecular formula is C33H43ClN6O2. The number of fused-ring (bicyclic) bond motifs is 1. The van der Waals surface area contributed by atoms with Crippen molar-refractivity contribution in [2.24, 2.45) is 16.3 Å². The topological polar surface area (TPSA) is 89.1 Å². The van der Waals surface area contributed by atoms with Crippen LogP contribution in [-0.4, -0.2) is 66.4 Å². The fraction of sp³-hybridized carbons (Fsp3) is 0.545. The second-order valence-electron chi connectivity index (χ2n) is 12.6. The molecule has 0 spiro atoms. The largest absolute Gasteiger partial charge is 0.343 e. The number of amides is 2. The number of rotatable bonds is 8. The SMILES string of the molecule is O=C(N[C@H](Cc1ccc(Cl)cc1)C(=O)N1CCC(CN2C=NCN2)(C2CCCCC2)CC1)[C@H]1Cc2ccccc2CN1. The van der Waals surface area contributed by atoms with Crippen molar-refractivity contribution < 1.29 is 9.59 Å². The van der Waals surface area contributed by atoms with Gasteiger partial charge in [0.2, 0.25) is 11.8 Å². The molecule has 6 rings (SSSR count). The van der Waals surface area contributed by atoms with Gasteiger partial charge in [0, 0.05) is 37.6 Å². The Bertz CT molecular complexity index is 1270. The van der Waals surface area contributed by atoms with E-state index in [-0.39, 0.29) is 23.3 Å². The van der Waals surface area contributed by atoms with Gasteiger partial charge in [0.1, 0.15) is 19.0 Å². The molecule has 1 saturated carbocycles. The van der Waals surface area contributed by atoms with Gasteiger partial charge in [-0.3, -0.25) is 19.6 Å². The molecule has 2 aromatic rings. The molecular weight excluding hydrogens is 548 g/mol. The smallest absolute Gasteiger partial charge is 0.245 e. The van der Waals surface area contributed by atoms with Gasteiger partial charge in [-0.2, -0.15) is 0 Å². The minimum Gasteiger partial charge on any atom is -0.343 e. The average molecular weight is 591 g/mol. The average Bonchev–Trinajstić information content (AvgIpc) is 3.55. The van der Waals surface area contributed by atoms with Crippen LogP contribution in [-0.2, 0) is 29.0 Å². The van der Waals surface area contributed by atoms with Crippen LogP contribution in [0.5, 0.6) is 0 Å². The molecule has 0 aromatic heterocycles. The van der Waals surface area contributed by atoms with Crippen molar-refractivity contribution in [2.45, 2.75) is 76.4 Å². The van der Waals surface area contributed by atoms with Gasteiger partial charge in [-0.1, -0.05) is 67.3 Å². The van der Waals surface area contributed by atoms with E-state index in [0.717, 1.165) is 24.9 Å². The molecule has 8 nitrogen and oxygen atoms in total. The molecule has 42 heavy (non-hydrogen) atoms. The van der Waals surface area contributed by atoms with Gasteiger partial charge in [0.05, 0.1) is 6.04 Å². The summed E-state index contributed by atoms with van der Waals surface area (Å²) in [5.74, 6) is 0.557. The maximum absolute atomic E-state index is 14.1. The Hall–Kier alpha value is -2.94. The molecule has 2 atom stereocenters. The maximum Gasteiger partial charge on any atom is 0.245 e. The highest BCUT2D eigenvalue weighted by Gasteiger charge is 2.44. The van der Waals surface area contributed by atoms with Crippen LogP contribution in [0.3, 0.4) is 0 Å². The van der Waals surface area contributed by atoms with Crippen molar-refractivity contribution >= 4 is 29.8 Å². The molecule has 1 saturated heterocycles. The lowest BCUT2D eigenvalue weighted by atomic mass is 9.63. The van der Waals surface area contributed by atoms with Crippen LogP contribution in [0.15, 0.2) is 53.5 Å². The molecule has 9 heteroatoms. The fourth-order valence-corrected chi connectivity index (χ4v) is 7.65. The summed E-state index contributed by atoms with van der Waals surface area (Å²) < 4.78 is 0. The molecule has 3 aliphatic heterocycles. The van der Waals surface area contributed by atoms with E-state index in [4.69, 9.17) is 11.6 Å². The molecule has 2 fully saturated rings. The van der Waals surface area contributed by atoms with Crippen molar-refractivity contribution in [3.05, 3.63) is 70.2 Å². The van der Waals surface area contributed by atoms with Gasteiger partial charge in [-0.05, 0) is 72.3 Å². The van der Waals surface area contributed by atoms with E-state index in [1.165, 1.54) is 43.2 Å². The van der Waals surface area contributed by atoms with E-state index < -0.39 is 6.04 Å². The number of nitrogens with zero attached hydrogens (tertiary/aromatic N) is 3. The number of likely N-dealkylation sites (tertiary alicyclic amines) is 1. The molecule has 0 bridgehead atoms. The number of halogens is 1. The van der Waals surface area contributed by atoms with Crippen molar-refractivity contribution in [3.63, 3.8) is 0 Å². The van der Waals surface area contributed by atoms with Gasteiger partial charge in [-0.25, -0.2) is 5.43 Å². The summed E-state index contributed by atoms with van der Waals surface area (Å²) in [7, 11) is 0. The van der Waals surface area contributed by atoms with Crippen LogP contribution in [0, 0.1) is 11.3 Å². The summed E-state index contributed by atoms with van der Waals surface area (Å²) in [5, 5.41) is 9.35. The third-order valence-corrected chi connectivity index (χ3v) is 10.2. The quantitative estimate of drug-likeness (QED) is 0.431. The lowest BCUT2D eigenvalue weighted by Gasteiger charge is -2.49. The minimum atomic E-state index is -0.632. The number of carbonyl (C=O) groups excluding carboxylic acids is 2. The lowest BCUT2D eigenvalue weighted by Crippen LogP contribution is -2.58. The molecule has 2 aromatic carbocycles. The van der Waals surface area contributed by atoms with Crippen LogP contribution in [0.25, 0.3) is 0 Å². The number of piperidine rings is 1. The predicted molar refractivity (Wildman–Crippen MR) is 166 cm³/mol. The number of carbonyl (C=O) groups is 2. The van der Waals surface area contributed by atoms with Crippen LogP contribution in [0.4, 0.5) is 0 Å². The van der Waals surface area contributed by atoms with Crippen LogP contribution in [0.2, 0.25) is 5.02 Å². The zero-order chi connectivity index (χ0) is 28.9. The third kappa shape index (κ3) is 6.66. The van der Waals surface area contributed by atoms with Crippen molar-refractivity contribution in [2.75, 3.05) is 26.3 Å². The maximum atomic E-state index is 14.1. The number of benzene rings is 2. The molecule has 3 heterocycles. The van der Waals surface area contributed by atoms with E-state index in [0.29, 0.717) is 50.1 Å². The molecule has 4 aliphatic rings. The zero-order valence-corrected chi connectivity index (χ0v) is 25.1. The first kappa shape index (κ1) is 29.1. The normalized spacial score (nSPS) is 22.9. The Kier molecular flexibility index (Phi) is 9.12. The third-order valence-electron chi connectivity index (χ3n) is 9.98. The Balaban J connectivity index is 1.16. The standard InChI is InChI=1S/C33H43ClN6O2/c34-28-12-10-24(11-13-28)18-30(38-31(41)29-19-25-6-4-5-7-26(25)20-36-29)32(42)39-16-14-33(15-17-39,21-40-23-35-22-37-40)27-8-2-1-3-9-27/h4-7,10-13,23,27,29-30,36-37H,1-3,8-9,14-22H2,(H,38,41)/t29-,30-/m1/s1. The van der Waals surface area contributed by atoms with E-state index >= 15 is 0 Å². The van der Waals surface area contributed by atoms with Gasteiger partial charge in [0.15, 0.2) is 0 Å². The molecule has 3 N–H and O–H groups in total. The first-order valence-corrected chi connectivity index (χ1v) is 16.0. The summed E-state index contributed by atoms with van der Waals surface area (Å²) in [5.41, 5.74) is 6.93. The Morgan fingerprint density at radius 1 is 1.02 bits per heavy atom. The second-order valence-corrected chi connectivity index (χ2v) is 13.0. The number of hydrogen-bond acceptors (Lipinski definition) is 6. The van der Waals surface area contributed by atoms with E-state index in [9.17, 15) is 9.59 Å². The Morgan fingerprint density at radius 2 is 1.76 bits per heavy atom. The number of aliphatic imine (C=N–C) groups is 1. The van der Waals surface area contributed by atoms with Gasteiger partial charge in [-0.15, -0.1) is 0 Å². The molecule has 0 radical (unpaired) electrons. The summed E-state index contributed by atoms with van der Waals surface area (Å²) in [6, 6.07) is 14.8. The van der Waals surface area contributed by atoms with Gasteiger partial charge >= 0.3 is 0 Å². The van der Waals surface area contributed by atoms with E-state index in [1.807, 2.05) is 47.6 Å². The van der Waals surface area contributed by atoms with Crippen molar-refractivity contribution in [1.29, 1.82) is 0 Å². The molecule has 2 amide bonds. The first-order valence-electron chi connectivity index (χ1n) is 15.6. The summed E-state index contributed by atoms with van der Waals surface area (Å²) in [4.78, 5) is 34.1. The molecule has 224 valence electrons. The van der Waals surface area contributed by atoms with E-state index in [1.54, 1.807) is 0 Å².